The van der Waals surface area contributed by atoms with Gasteiger partial charge >= 0.3 is 0 Å². The van der Waals surface area contributed by atoms with Crippen molar-refractivity contribution >= 4 is 23.4 Å². The highest BCUT2D eigenvalue weighted by atomic mass is 35.5. The lowest BCUT2D eigenvalue weighted by Gasteiger charge is -2.22. The molecule has 1 aromatic heterocycles. The van der Waals surface area contributed by atoms with Gasteiger partial charge in [-0.2, -0.15) is 11.8 Å². The van der Waals surface area contributed by atoms with Crippen molar-refractivity contribution in [2.45, 2.75) is 18.6 Å². The molecule has 2 rings (SSSR count). The van der Waals surface area contributed by atoms with Crippen molar-refractivity contribution in [2.75, 3.05) is 18.8 Å². The van der Waals surface area contributed by atoms with Gasteiger partial charge in [-0.1, -0.05) is 17.7 Å². The smallest absolute Gasteiger partial charge is 0.129 e. The highest BCUT2D eigenvalue weighted by Crippen LogP contribution is 2.20. The molecule has 0 spiro atoms. The summed E-state index contributed by atoms with van der Waals surface area (Å²) in [4.78, 5) is 4.08. The molecule has 88 valence electrons. The molecule has 2 nitrogen and oxygen atoms in total. The predicted octanol–water partition coefficient (Wildman–Crippen LogP) is 2.97. The number of hydrogen-bond acceptors (Lipinski definition) is 3. The summed E-state index contributed by atoms with van der Waals surface area (Å²) in [6, 6.07) is 3.92. The van der Waals surface area contributed by atoms with E-state index in [9.17, 15) is 0 Å². The lowest BCUT2D eigenvalue weighted by molar-refractivity contribution is 0.410. The molecule has 4 heteroatoms. The zero-order valence-electron chi connectivity index (χ0n) is 9.29. The molecule has 1 aliphatic heterocycles. The number of nitrogens with one attached hydrogen (secondary N) is 1. The molecule has 2 heterocycles. The molecule has 1 saturated heterocycles. The van der Waals surface area contributed by atoms with Crippen LogP contribution in [0, 0.1) is 5.92 Å². The van der Waals surface area contributed by atoms with E-state index in [4.69, 9.17) is 11.6 Å². The average molecular weight is 257 g/mol. The highest BCUT2D eigenvalue weighted by Gasteiger charge is 2.12. The first-order valence-electron chi connectivity index (χ1n) is 5.73. The molecule has 16 heavy (non-hydrogen) atoms. The minimum absolute atomic E-state index is 0.574. The molecule has 0 saturated carbocycles. The summed E-state index contributed by atoms with van der Waals surface area (Å²) < 4.78 is 0. The zero-order chi connectivity index (χ0) is 11.2. The second kappa shape index (κ2) is 6.48. The third-order valence-corrected chi connectivity index (χ3v) is 4.28. The summed E-state index contributed by atoms with van der Waals surface area (Å²) in [5.41, 5.74) is 1.26. The quantitative estimate of drug-likeness (QED) is 0.839. The lowest BCUT2D eigenvalue weighted by atomic mass is 10.0. The highest BCUT2D eigenvalue weighted by molar-refractivity contribution is 7.98. The van der Waals surface area contributed by atoms with Gasteiger partial charge in [-0.05, 0) is 49.2 Å². The molecule has 1 aromatic rings. The van der Waals surface area contributed by atoms with Crippen LogP contribution in [0.25, 0.3) is 0 Å². The summed E-state index contributed by atoms with van der Waals surface area (Å²) in [6.45, 7) is 2.38. The van der Waals surface area contributed by atoms with Gasteiger partial charge < -0.3 is 5.32 Å². The molecule has 0 aliphatic carbocycles. The number of piperidine rings is 1. The fraction of sp³-hybridized carbons (Fsp3) is 0.583. The van der Waals surface area contributed by atoms with Crippen molar-refractivity contribution in [3.8, 4) is 0 Å². The molecule has 1 N–H and O–H groups in total. The van der Waals surface area contributed by atoms with E-state index in [1.54, 1.807) is 0 Å². The van der Waals surface area contributed by atoms with E-state index in [0.717, 1.165) is 11.7 Å². The van der Waals surface area contributed by atoms with Crippen molar-refractivity contribution in [2.24, 2.45) is 5.92 Å². The lowest BCUT2D eigenvalue weighted by Crippen LogP contribution is -2.30. The Bertz CT molecular complexity index is 309. The first kappa shape index (κ1) is 12.2. The van der Waals surface area contributed by atoms with Gasteiger partial charge in [0.05, 0.1) is 0 Å². The van der Waals surface area contributed by atoms with E-state index in [1.807, 2.05) is 24.0 Å². The Balaban J connectivity index is 1.69. The summed E-state index contributed by atoms with van der Waals surface area (Å²) >= 11 is 7.74. The van der Waals surface area contributed by atoms with Crippen LogP contribution < -0.4 is 5.32 Å². The second-order valence-corrected chi connectivity index (χ2v) is 5.63. The normalized spacial score (nSPS) is 20.9. The fourth-order valence-electron chi connectivity index (χ4n) is 1.90. The maximum absolute atomic E-state index is 5.74. The number of rotatable bonds is 4. The van der Waals surface area contributed by atoms with Crippen molar-refractivity contribution in [1.29, 1.82) is 0 Å². The number of pyridine rings is 1. The van der Waals surface area contributed by atoms with E-state index in [0.29, 0.717) is 5.15 Å². The van der Waals surface area contributed by atoms with Gasteiger partial charge in [0, 0.05) is 11.9 Å². The Hall–Kier alpha value is -0.250. The number of aromatic nitrogens is 1. The van der Waals surface area contributed by atoms with Crippen molar-refractivity contribution in [3.63, 3.8) is 0 Å². The van der Waals surface area contributed by atoms with Gasteiger partial charge in [-0.3, -0.25) is 0 Å². The van der Waals surface area contributed by atoms with Gasteiger partial charge in [0.25, 0.3) is 0 Å². The topological polar surface area (TPSA) is 24.9 Å². The fourth-order valence-corrected chi connectivity index (χ4v) is 3.16. The van der Waals surface area contributed by atoms with Crippen LogP contribution in [0.5, 0.6) is 0 Å². The third-order valence-electron chi connectivity index (χ3n) is 2.81. The largest absolute Gasteiger partial charge is 0.316 e. The van der Waals surface area contributed by atoms with Gasteiger partial charge in [0.1, 0.15) is 5.15 Å². The molecular weight excluding hydrogens is 240 g/mol. The summed E-state index contributed by atoms with van der Waals surface area (Å²) in [5, 5.41) is 4.02. The van der Waals surface area contributed by atoms with Crippen LogP contribution in [0.15, 0.2) is 18.3 Å². The number of thioether (sulfide) groups is 1. The monoisotopic (exact) mass is 256 g/mol. The second-order valence-electron chi connectivity index (χ2n) is 4.22. The zero-order valence-corrected chi connectivity index (χ0v) is 10.9. The van der Waals surface area contributed by atoms with Crippen LogP contribution in [-0.2, 0) is 5.75 Å². The molecule has 0 aromatic carbocycles. The third kappa shape index (κ3) is 3.96. The Kier molecular flexibility index (Phi) is 4.94. The van der Waals surface area contributed by atoms with Crippen LogP contribution in [0.2, 0.25) is 5.15 Å². The molecule has 1 aliphatic rings. The Morgan fingerprint density at radius 2 is 2.44 bits per heavy atom. The first-order valence-corrected chi connectivity index (χ1v) is 7.27. The van der Waals surface area contributed by atoms with Gasteiger partial charge in [-0.15, -0.1) is 0 Å². The molecule has 1 unspecified atom stereocenters. The van der Waals surface area contributed by atoms with E-state index in [1.165, 1.54) is 37.2 Å². The number of halogens is 1. The van der Waals surface area contributed by atoms with Gasteiger partial charge in [0.15, 0.2) is 0 Å². The van der Waals surface area contributed by atoms with E-state index < -0.39 is 0 Å². The predicted molar refractivity (Wildman–Crippen MR) is 71.0 cm³/mol. The van der Waals surface area contributed by atoms with Crippen LogP contribution in [0.4, 0.5) is 0 Å². The molecule has 0 radical (unpaired) electrons. The van der Waals surface area contributed by atoms with Crippen LogP contribution in [0.1, 0.15) is 18.4 Å². The van der Waals surface area contributed by atoms with Gasteiger partial charge in [0.2, 0.25) is 0 Å². The average Bonchev–Trinajstić information content (AvgIpc) is 2.33. The summed E-state index contributed by atoms with van der Waals surface area (Å²) in [6.07, 6.45) is 4.57. The Morgan fingerprint density at radius 1 is 1.50 bits per heavy atom. The molecular formula is C12H17ClN2S. The number of hydrogen-bond donors (Lipinski definition) is 1. The SMILES string of the molecule is Clc1ccc(CSCC2CCCNC2)cn1. The number of nitrogens with zero attached hydrogens (tertiary/aromatic N) is 1. The molecule has 0 bridgehead atoms. The minimum Gasteiger partial charge on any atom is -0.316 e. The van der Waals surface area contributed by atoms with Crippen molar-refractivity contribution in [1.82, 2.24) is 10.3 Å². The van der Waals surface area contributed by atoms with Gasteiger partial charge in [-0.25, -0.2) is 4.98 Å². The van der Waals surface area contributed by atoms with Crippen LogP contribution in [-0.4, -0.2) is 23.8 Å². The Labute approximate surface area is 106 Å². The summed E-state index contributed by atoms with van der Waals surface area (Å²) in [7, 11) is 0. The maximum Gasteiger partial charge on any atom is 0.129 e. The van der Waals surface area contributed by atoms with E-state index >= 15 is 0 Å². The van der Waals surface area contributed by atoms with Crippen molar-refractivity contribution in [3.05, 3.63) is 29.0 Å². The molecule has 1 fully saturated rings. The molecule has 1 atom stereocenters. The Morgan fingerprint density at radius 3 is 3.12 bits per heavy atom. The molecule has 0 amide bonds. The van der Waals surface area contributed by atoms with E-state index in [-0.39, 0.29) is 0 Å². The first-order chi connectivity index (χ1) is 7.84. The summed E-state index contributed by atoms with van der Waals surface area (Å²) in [5.74, 6) is 3.13. The standard InChI is InChI=1S/C12H17ClN2S/c13-12-4-3-11(7-15-12)9-16-8-10-2-1-5-14-6-10/h3-4,7,10,14H,1-2,5-6,8-9H2. The minimum atomic E-state index is 0.574. The van der Waals surface area contributed by atoms with Crippen LogP contribution >= 0.6 is 23.4 Å². The van der Waals surface area contributed by atoms with E-state index in [2.05, 4.69) is 16.4 Å². The maximum atomic E-state index is 5.74. The van der Waals surface area contributed by atoms with Crippen molar-refractivity contribution < 1.29 is 0 Å². The van der Waals surface area contributed by atoms with Crippen LogP contribution in [0.3, 0.4) is 0 Å².